The molecule has 1 aliphatic heterocycles. The molecular formula is C25H25N3O3. The van der Waals surface area contributed by atoms with Gasteiger partial charge in [-0.05, 0) is 35.9 Å². The lowest BCUT2D eigenvalue weighted by molar-refractivity contribution is 0.0322. The number of rotatable bonds is 4. The molecule has 158 valence electrons. The van der Waals surface area contributed by atoms with Crippen molar-refractivity contribution >= 4 is 16.7 Å². The maximum absolute atomic E-state index is 13.4. The van der Waals surface area contributed by atoms with Crippen LogP contribution < -0.4 is 4.74 Å². The van der Waals surface area contributed by atoms with Crippen molar-refractivity contribution in [2.75, 3.05) is 39.5 Å². The van der Waals surface area contributed by atoms with Crippen LogP contribution in [0.2, 0.25) is 0 Å². The minimum absolute atomic E-state index is 0.0140. The standard InChI is InChI=1S/C25H25N3O3/c1-25(2)20-14-17(31-12-9-28-7-10-30-11-8-28)4-6-18(20)23(29)22-19-5-3-16(15-26)13-21(19)27-24(22)25/h3-6,13-14,27H,7-12H2,1-2H3. The second-order valence-corrected chi connectivity index (χ2v) is 8.71. The highest BCUT2D eigenvalue weighted by molar-refractivity contribution is 6.20. The van der Waals surface area contributed by atoms with Gasteiger partial charge in [0.1, 0.15) is 12.4 Å². The van der Waals surface area contributed by atoms with E-state index in [1.54, 1.807) is 6.07 Å². The van der Waals surface area contributed by atoms with Crippen molar-refractivity contribution < 1.29 is 14.3 Å². The molecule has 0 atom stereocenters. The Balaban J connectivity index is 1.46. The first-order chi connectivity index (χ1) is 15.0. The Hall–Kier alpha value is -3.14. The van der Waals surface area contributed by atoms with Gasteiger partial charge in [0.15, 0.2) is 5.78 Å². The fourth-order valence-corrected chi connectivity index (χ4v) is 4.69. The van der Waals surface area contributed by atoms with Crippen molar-refractivity contribution in [2.24, 2.45) is 0 Å². The summed E-state index contributed by atoms with van der Waals surface area (Å²) in [5.41, 5.74) is 4.27. The van der Waals surface area contributed by atoms with Crippen LogP contribution in [-0.2, 0) is 10.2 Å². The van der Waals surface area contributed by atoms with Crippen molar-refractivity contribution in [2.45, 2.75) is 19.3 Å². The largest absolute Gasteiger partial charge is 0.492 e. The van der Waals surface area contributed by atoms with E-state index in [0.717, 1.165) is 60.8 Å². The molecule has 0 unspecified atom stereocenters. The molecule has 1 aromatic heterocycles. The van der Waals surface area contributed by atoms with Crippen LogP contribution in [0.1, 0.15) is 46.6 Å². The van der Waals surface area contributed by atoms with Gasteiger partial charge in [0.25, 0.3) is 0 Å². The predicted molar refractivity (Wildman–Crippen MR) is 118 cm³/mol. The van der Waals surface area contributed by atoms with Crippen LogP contribution in [0, 0.1) is 11.3 Å². The molecule has 0 radical (unpaired) electrons. The Morgan fingerprint density at radius 3 is 2.77 bits per heavy atom. The van der Waals surface area contributed by atoms with E-state index >= 15 is 0 Å². The number of hydrogen-bond donors (Lipinski definition) is 1. The van der Waals surface area contributed by atoms with Crippen LogP contribution in [-0.4, -0.2) is 55.1 Å². The van der Waals surface area contributed by atoms with Gasteiger partial charge in [-0.25, -0.2) is 0 Å². The van der Waals surface area contributed by atoms with Gasteiger partial charge in [0, 0.05) is 47.2 Å². The molecule has 5 rings (SSSR count). The zero-order valence-electron chi connectivity index (χ0n) is 17.8. The monoisotopic (exact) mass is 415 g/mol. The van der Waals surface area contributed by atoms with E-state index in [2.05, 4.69) is 29.8 Å². The maximum atomic E-state index is 13.4. The number of benzene rings is 2. The summed E-state index contributed by atoms with van der Waals surface area (Å²) < 4.78 is 11.4. The van der Waals surface area contributed by atoms with Crippen LogP contribution in [0.5, 0.6) is 5.75 Å². The van der Waals surface area contributed by atoms with Crippen LogP contribution in [0.25, 0.3) is 10.9 Å². The SMILES string of the molecule is CC1(C)c2cc(OCCN3CCOCC3)ccc2C(=O)c2c1[nH]c1cc(C#N)ccc21. The molecule has 1 aliphatic carbocycles. The van der Waals surface area contributed by atoms with E-state index in [4.69, 9.17) is 9.47 Å². The Bertz CT molecular complexity index is 1210. The zero-order chi connectivity index (χ0) is 21.6. The minimum Gasteiger partial charge on any atom is -0.492 e. The van der Waals surface area contributed by atoms with Crippen molar-refractivity contribution in [3.63, 3.8) is 0 Å². The van der Waals surface area contributed by atoms with Gasteiger partial charge in [-0.15, -0.1) is 0 Å². The number of aromatic amines is 1. The van der Waals surface area contributed by atoms with Crippen molar-refractivity contribution in [3.8, 4) is 11.8 Å². The van der Waals surface area contributed by atoms with Gasteiger partial charge < -0.3 is 14.5 Å². The molecule has 1 N–H and O–H groups in total. The molecule has 3 aromatic rings. The fraction of sp³-hybridized carbons (Fsp3) is 0.360. The number of nitrogens with zero attached hydrogens (tertiary/aromatic N) is 2. The van der Waals surface area contributed by atoms with E-state index in [-0.39, 0.29) is 5.78 Å². The average Bonchev–Trinajstić information content (AvgIpc) is 3.18. The summed E-state index contributed by atoms with van der Waals surface area (Å²) in [5, 5.41) is 10.1. The summed E-state index contributed by atoms with van der Waals surface area (Å²) in [6.45, 7) is 9.12. The Kier molecular flexibility index (Phi) is 4.81. The van der Waals surface area contributed by atoms with Crippen molar-refractivity contribution in [3.05, 3.63) is 64.3 Å². The Morgan fingerprint density at radius 2 is 2.00 bits per heavy atom. The van der Waals surface area contributed by atoms with E-state index in [9.17, 15) is 10.1 Å². The summed E-state index contributed by atoms with van der Waals surface area (Å²) in [6.07, 6.45) is 0. The van der Waals surface area contributed by atoms with Crippen LogP contribution in [0.4, 0.5) is 0 Å². The lowest BCUT2D eigenvalue weighted by Gasteiger charge is -2.32. The molecule has 0 spiro atoms. The van der Waals surface area contributed by atoms with Crippen LogP contribution in [0.3, 0.4) is 0 Å². The number of carbonyl (C=O) groups is 1. The molecule has 6 nitrogen and oxygen atoms in total. The number of carbonyl (C=O) groups excluding carboxylic acids is 1. The molecular weight excluding hydrogens is 390 g/mol. The number of ether oxygens (including phenoxy) is 2. The van der Waals surface area contributed by atoms with Crippen molar-refractivity contribution in [1.82, 2.24) is 9.88 Å². The first-order valence-electron chi connectivity index (χ1n) is 10.7. The molecule has 1 fully saturated rings. The first-order valence-corrected chi connectivity index (χ1v) is 10.7. The number of aromatic nitrogens is 1. The topological polar surface area (TPSA) is 78.3 Å². The summed E-state index contributed by atoms with van der Waals surface area (Å²) >= 11 is 0. The number of nitrogens with one attached hydrogen (secondary N) is 1. The van der Waals surface area contributed by atoms with Gasteiger partial charge >= 0.3 is 0 Å². The average molecular weight is 415 g/mol. The predicted octanol–water partition coefficient (Wildman–Crippen LogP) is 3.62. The fourth-order valence-electron chi connectivity index (χ4n) is 4.69. The molecule has 1 saturated heterocycles. The number of hydrogen-bond acceptors (Lipinski definition) is 5. The number of morpholine rings is 1. The number of ketones is 1. The Morgan fingerprint density at radius 1 is 1.19 bits per heavy atom. The third kappa shape index (κ3) is 3.31. The summed E-state index contributed by atoms with van der Waals surface area (Å²) in [6, 6.07) is 13.4. The molecule has 2 aromatic carbocycles. The van der Waals surface area contributed by atoms with E-state index in [1.165, 1.54) is 0 Å². The molecule has 31 heavy (non-hydrogen) atoms. The third-order valence-corrected chi connectivity index (χ3v) is 6.47. The molecule has 6 heteroatoms. The summed E-state index contributed by atoms with van der Waals surface area (Å²) in [7, 11) is 0. The second-order valence-electron chi connectivity index (χ2n) is 8.71. The first kappa shape index (κ1) is 19.8. The van der Waals surface area contributed by atoms with Gasteiger partial charge in [-0.3, -0.25) is 9.69 Å². The van der Waals surface area contributed by atoms with E-state index in [1.807, 2.05) is 30.3 Å². The van der Waals surface area contributed by atoms with Crippen molar-refractivity contribution in [1.29, 1.82) is 5.26 Å². The van der Waals surface area contributed by atoms with Gasteiger partial charge in [-0.1, -0.05) is 19.9 Å². The Labute approximate surface area is 181 Å². The van der Waals surface area contributed by atoms with Gasteiger partial charge in [0.2, 0.25) is 0 Å². The quantitative estimate of drug-likeness (QED) is 0.704. The second kappa shape index (κ2) is 7.52. The highest BCUT2D eigenvalue weighted by atomic mass is 16.5. The molecule has 0 amide bonds. The van der Waals surface area contributed by atoms with E-state index < -0.39 is 5.41 Å². The minimum atomic E-state index is -0.395. The lowest BCUT2D eigenvalue weighted by atomic mass is 9.71. The number of nitriles is 1. The van der Waals surface area contributed by atoms with Crippen LogP contribution in [0.15, 0.2) is 36.4 Å². The third-order valence-electron chi connectivity index (χ3n) is 6.47. The molecule has 0 bridgehead atoms. The van der Waals surface area contributed by atoms with Gasteiger partial charge in [-0.2, -0.15) is 5.26 Å². The maximum Gasteiger partial charge on any atom is 0.195 e. The molecule has 2 heterocycles. The lowest BCUT2D eigenvalue weighted by Crippen LogP contribution is -2.38. The summed E-state index contributed by atoms with van der Waals surface area (Å²) in [4.78, 5) is 19.2. The van der Waals surface area contributed by atoms with Gasteiger partial charge in [0.05, 0.1) is 30.4 Å². The van der Waals surface area contributed by atoms with Crippen LogP contribution >= 0.6 is 0 Å². The zero-order valence-corrected chi connectivity index (χ0v) is 17.8. The normalized spacial score (nSPS) is 17.8. The molecule has 0 saturated carbocycles. The number of fused-ring (bicyclic) bond motifs is 4. The number of H-pyrrole nitrogens is 1. The smallest absolute Gasteiger partial charge is 0.195 e. The summed E-state index contributed by atoms with van der Waals surface area (Å²) in [5.74, 6) is 0.791. The highest BCUT2D eigenvalue weighted by Gasteiger charge is 2.39. The van der Waals surface area contributed by atoms with E-state index in [0.29, 0.717) is 23.3 Å². The molecule has 2 aliphatic rings. The highest BCUT2D eigenvalue weighted by Crippen LogP contribution is 2.44.